The summed E-state index contributed by atoms with van der Waals surface area (Å²) in [6.45, 7) is 1.67. The maximum atomic E-state index is 11.3. The predicted molar refractivity (Wildman–Crippen MR) is 70.9 cm³/mol. The first-order chi connectivity index (χ1) is 8.37. The SMILES string of the molecule is COC(=O)[C@](C)(N)Cc1ccc(Br)cc1.N=C=O. The fraction of sp³-hybridized carbons (Fsp3) is 0.333. The van der Waals surface area contributed by atoms with Crippen molar-refractivity contribution in [1.82, 2.24) is 0 Å². The molecule has 1 aromatic carbocycles. The molecular formula is C12H15BrN2O3. The van der Waals surface area contributed by atoms with Crippen LogP contribution in [0.5, 0.6) is 0 Å². The summed E-state index contributed by atoms with van der Waals surface area (Å²) in [5.41, 5.74) is 5.89. The van der Waals surface area contributed by atoms with Gasteiger partial charge in [-0.3, -0.25) is 4.79 Å². The van der Waals surface area contributed by atoms with E-state index in [1.165, 1.54) is 7.11 Å². The molecule has 5 nitrogen and oxygen atoms in total. The van der Waals surface area contributed by atoms with E-state index >= 15 is 0 Å². The summed E-state index contributed by atoms with van der Waals surface area (Å²) in [5.74, 6) is -0.398. The number of carbonyl (C=O) groups excluding carboxylic acids is 2. The van der Waals surface area contributed by atoms with Crippen molar-refractivity contribution in [2.24, 2.45) is 5.73 Å². The van der Waals surface area contributed by atoms with Gasteiger partial charge in [-0.1, -0.05) is 28.1 Å². The van der Waals surface area contributed by atoms with Crippen molar-refractivity contribution in [2.45, 2.75) is 18.9 Å². The van der Waals surface area contributed by atoms with Crippen LogP contribution < -0.4 is 5.73 Å². The zero-order valence-corrected chi connectivity index (χ0v) is 11.8. The second-order valence-corrected chi connectivity index (χ2v) is 4.73. The van der Waals surface area contributed by atoms with Gasteiger partial charge in [0, 0.05) is 10.9 Å². The van der Waals surface area contributed by atoms with Gasteiger partial charge in [-0.05, 0) is 24.6 Å². The van der Waals surface area contributed by atoms with Crippen LogP contribution >= 0.6 is 15.9 Å². The molecule has 0 saturated carbocycles. The average Bonchev–Trinajstić information content (AvgIpc) is 2.32. The number of esters is 1. The Bertz CT molecular complexity index is 423. The highest BCUT2D eigenvalue weighted by molar-refractivity contribution is 9.10. The Morgan fingerprint density at radius 3 is 2.33 bits per heavy atom. The molecule has 1 aromatic rings. The number of methoxy groups -OCH3 is 1. The summed E-state index contributed by atoms with van der Waals surface area (Å²) in [7, 11) is 1.34. The quantitative estimate of drug-likeness (QED) is 0.505. The molecule has 0 heterocycles. The van der Waals surface area contributed by atoms with Crippen LogP contribution in [0.4, 0.5) is 0 Å². The minimum atomic E-state index is -0.970. The predicted octanol–water partition coefficient (Wildman–Crippen LogP) is 1.78. The largest absolute Gasteiger partial charge is 0.468 e. The summed E-state index contributed by atoms with van der Waals surface area (Å²) in [5, 5.41) is 5.40. The number of halogens is 1. The van der Waals surface area contributed by atoms with Crippen LogP contribution in [0.1, 0.15) is 12.5 Å². The van der Waals surface area contributed by atoms with Crippen molar-refractivity contribution in [3.63, 3.8) is 0 Å². The molecule has 0 aliphatic rings. The van der Waals surface area contributed by atoms with E-state index in [1.54, 1.807) is 6.92 Å². The smallest absolute Gasteiger partial charge is 0.325 e. The molecule has 0 bridgehead atoms. The maximum absolute atomic E-state index is 11.3. The van der Waals surface area contributed by atoms with Crippen molar-refractivity contribution in [2.75, 3.05) is 7.11 Å². The molecule has 3 N–H and O–H groups in total. The minimum Gasteiger partial charge on any atom is -0.468 e. The van der Waals surface area contributed by atoms with Crippen LogP contribution in [0.25, 0.3) is 0 Å². The lowest BCUT2D eigenvalue weighted by atomic mass is 9.94. The van der Waals surface area contributed by atoms with Crippen molar-refractivity contribution in [1.29, 1.82) is 5.41 Å². The standard InChI is InChI=1S/C11H14BrNO2.CHNO/c1-11(13,10(14)15-2)7-8-3-5-9(12)6-4-8;2-1-3/h3-6H,7,13H2,1-2H3;2H/t11-;/m1./s1. The van der Waals surface area contributed by atoms with Gasteiger partial charge in [0.05, 0.1) is 7.11 Å². The first kappa shape index (κ1) is 16.5. The van der Waals surface area contributed by atoms with Gasteiger partial charge in [-0.2, -0.15) is 0 Å². The molecule has 0 unspecified atom stereocenters. The van der Waals surface area contributed by atoms with E-state index < -0.39 is 11.5 Å². The van der Waals surface area contributed by atoms with Gasteiger partial charge < -0.3 is 10.5 Å². The summed E-state index contributed by atoms with van der Waals surface area (Å²) >= 11 is 3.34. The molecule has 0 fully saturated rings. The summed E-state index contributed by atoms with van der Waals surface area (Å²) < 4.78 is 5.64. The van der Waals surface area contributed by atoms with Crippen LogP contribution in [0.15, 0.2) is 28.7 Å². The van der Waals surface area contributed by atoms with Crippen molar-refractivity contribution >= 4 is 28.0 Å². The Hall–Kier alpha value is -1.49. The number of rotatable bonds is 3. The Balaban J connectivity index is 0.000000873. The zero-order valence-electron chi connectivity index (χ0n) is 10.2. The first-order valence-corrected chi connectivity index (χ1v) is 5.82. The van der Waals surface area contributed by atoms with Crippen LogP contribution in [-0.2, 0) is 20.7 Å². The van der Waals surface area contributed by atoms with Crippen LogP contribution in [0.3, 0.4) is 0 Å². The van der Waals surface area contributed by atoms with E-state index in [9.17, 15) is 4.79 Å². The Kier molecular flexibility index (Phi) is 7.12. The van der Waals surface area contributed by atoms with Gasteiger partial charge in [0.25, 0.3) is 0 Å². The van der Waals surface area contributed by atoms with Gasteiger partial charge in [0.1, 0.15) is 5.54 Å². The van der Waals surface area contributed by atoms with Crippen molar-refractivity contribution < 1.29 is 14.3 Å². The number of hydrogen-bond donors (Lipinski definition) is 2. The highest BCUT2D eigenvalue weighted by Crippen LogP contribution is 2.15. The molecule has 18 heavy (non-hydrogen) atoms. The molecule has 0 saturated heterocycles. The molecule has 0 aliphatic heterocycles. The molecule has 0 spiro atoms. The fourth-order valence-electron chi connectivity index (χ4n) is 1.33. The number of nitrogens with two attached hydrogens (primary N) is 1. The van der Waals surface area contributed by atoms with Gasteiger partial charge in [-0.15, -0.1) is 0 Å². The summed E-state index contributed by atoms with van der Waals surface area (Å²) in [6, 6.07) is 7.70. The lowest BCUT2D eigenvalue weighted by Crippen LogP contribution is -2.47. The second kappa shape index (κ2) is 7.76. The number of ether oxygens (including phenoxy) is 1. The molecule has 1 rings (SSSR count). The molecule has 0 aliphatic carbocycles. The van der Waals surface area contributed by atoms with Gasteiger partial charge in [0.2, 0.25) is 6.08 Å². The number of isocyanates is 1. The van der Waals surface area contributed by atoms with Gasteiger partial charge in [0.15, 0.2) is 0 Å². The highest BCUT2D eigenvalue weighted by Gasteiger charge is 2.29. The molecule has 98 valence electrons. The third kappa shape index (κ3) is 5.72. The van der Waals surface area contributed by atoms with E-state index in [4.69, 9.17) is 15.9 Å². The minimum absolute atomic E-state index is 0.398. The average molecular weight is 315 g/mol. The number of nitrogens with one attached hydrogen (secondary N) is 1. The Morgan fingerprint density at radius 1 is 1.50 bits per heavy atom. The third-order valence-electron chi connectivity index (χ3n) is 2.14. The molecule has 6 heteroatoms. The Labute approximate surface area is 114 Å². The topological polar surface area (TPSA) is 93.2 Å². The molecule has 0 aromatic heterocycles. The zero-order chi connectivity index (χ0) is 14.2. The lowest BCUT2D eigenvalue weighted by molar-refractivity contribution is -0.146. The van der Waals surface area contributed by atoms with E-state index in [2.05, 4.69) is 20.7 Å². The maximum Gasteiger partial charge on any atom is 0.325 e. The number of benzene rings is 1. The normalized spacial score (nSPS) is 12.4. The monoisotopic (exact) mass is 314 g/mol. The van der Waals surface area contributed by atoms with E-state index in [1.807, 2.05) is 24.3 Å². The summed E-state index contributed by atoms with van der Waals surface area (Å²) in [6.07, 6.45) is 1.22. The van der Waals surface area contributed by atoms with Gasteiger partial charge in [-0.25, -0.2) is 10.2 Å². The van der Waals surface area contributed by atoms with Crippen molar-refractivity contribution in [3.8, 4) is 0 Å². The second-order valence-electron chi connectivity index (χ2n) is 3.81. The van der Waals surface area contributed by atoms with Crippen LogP contribution in [-0.4, -0.2) is 24.7 Å². The fourth-order valence-corrected chi connectivity index (χ4v) is 1.60. The third-order valence-corrected chi connectivity index (χ3v) is 2.66. The highest BCUT2D eigenvalue weighted by atomic mass is 79.9. The van der Waals surface area contributed by atoms with Crippen molar-refractivity contribution in [3.05, 3.63) is 34.3 Å². The molecular weight excluding hydrogens is 300 g/mol. The first-order valence-electron chi connectivity index (χ1n) is 5.03. The summed E-state index contributed by atoms with van der Waals surface area (Å²) in [4.78, 5) is 19.7. The number of carbonyl (C=O) groups is 1. The van der Waals surface area contributed by atoms with Gasteiger partial charge >= 0.3 is 5.97 Å². The van der Waals surface area contributed by atoms with Crippen LogP contribution in [0, 0.1) is 5.41 Å². The molecule has 1 atom stereocenters. The number of hydrogen-bond acceptors (Lipinski definition) is 5. The van der Waals surface area contributed by atoms with E-state index in [0.717, 1.165) is 16.1 Å². The molecule has 0 amide bonds. The molecule has 0 radical (unpaired) electrons. The lowest BCUT2D eigenvalue weighted by Gasteiger charge is -2.21. The Morgan fingerprint density at radius 2 is 1.94 bits per heavy atom. The van der Waals surface area contributed by atoms with E-state index in [-0.39, 0.29) is 0 Å². The van der Waals surface area contributed by atoms with E-state index in [0.29, 0.717) is 6.42 Å². The van der Waals surface area contributed by atoms with Crippen LogP contribution in [0.2, 0.25) is 0 Å².